The second-order valence-electron chi connectivity index (χ2n) is 9.03. The largest absolute Gasteiger partial charge is 0.372 e. The van der Waals surface area contributed by atoms with E-state index in [4.69, 9.17) is 4.98 Å². The number of rotatable bonds is 6. The van der Waals surface area contributed by atoms with Gasteiger partial charge in [-0.15, -0.1) is 0 Å². The molecule has 0 bridgehead atoms. The van der Waals surface area contributed by atoms with Gasteiger partial charge in [-0.05, 0) is 66.4 Å². The molecule has 0 atom stereocenters. The Hall–Kier alpha value is -4.37. The van der Waals surface area contributed by atoms with Crippen molar-refractivity contribution in [1.29, 1.82) is 0 Å². The minimum atomic E-state index is 0.978. The average Bonchev–Trinajstić information content (AvgIpc) is 3.34. The SMILES string of the molecule is CCN(CC)c1ccc(-c2cc(-c3ccccc3)c(-c3ccccc3)c3nc4ccccc4n23)cc1. The van der Waals surface area contributed by atoms with E-state index in [1.54, 1.807) is 0 Å². The van der Waals surface area contributed by atoms with Crippen molar-refractivity contribution in [3.63, 3.8) is 0 Å². The van der Waals surface area contributed by atoms with E-state index < -0.39 is 0 Å². The molecule has 0 saturated carbocycles. The van der Waals surface area contributed by atoms with Gasteiger partial charge < -0.3 is 4.90 Å². The van der Waals surface area contributed by atoms with Crippen molar-refractivity contribution in [3.8, 4) is 33.5 Å². The fraction of sp³-hybridized carbons (Fsp3) is 0.121. The Morgan fingerprint density at radius 1 is 0.639 bits per heavy atom. The summed E-state index contributed by atoms with van der Waals surface area (Å²) in [6.07, 6.45) is 0. The van der Waals surface area contributed by atoms with Gasteiger partial charge in [-0.3, -0.25) is 4.40 Å². The van der Waals surface area contributed by atoms with E-state index >= 15 is 0 Å². The quantitative estimate of drug-likeness (QED) is 0.245. The number of anilines is 1. The topological polar surface area (TPSA) is 20.5 Å². The molecule has 3 nitrogen and oxygen atoms in total. The highest BCUT2D eigenvalue weighted by Crippen LogP contribution is 2.40. The second kappa shape index (κ2) is 9.35. The molecular weight excluding hydrogens is 438 g/mol. The summed E-state index contributed by atoms with van der Waals surface area (Å²) in [6, 6.07) is 41.0. The summed E-state index contributed by atoms with van der Waals surface area (Å²) in [4.78, 5) is 7.57. The normalized spacial score (nSPS) is 11.3. The predicted octanol–water partition coefficient (Wildman–Crippen LogP) is 8.33. The van der Waals surface area contributed by atoms with Gasteiger partial charge in [0.25, 0.3) is 0 Å². The van der Waals surface area contributed by atoms with Gasteiger partial charge in [0.15, 0.2) is 0 Å². The van der Waals surface area contributed by atoms with Crippen molar-refractivity contribution >= 4 is 22.4 Å². The fourth-order valence-corrected chi connectivity index (χ4v) is 5.21. The van der Waals surface area contributed by atoms with Gasteiger partial charge in [0.05, 0.1) is 16.7 Å². The number of aromatic nitrogens is 2. The molecular formula is C33H29N3. The first-order chi connectivity index (χ1) is 17.8. The molecule has 36 heavy (non-hydrogen) atoms. The summed E-state index contributed by atoms with van der Waals surface area (Å²) in [5.74, 6) is 0. The minimum absolute atomic E-state index is 0.978. The molecule has 0 aliphatic carbocycles. The highest BCUT2D eigenvalue weighted by atomic mass is 15.1. The van der Waals surface area contributed by atoms with Crippen molar-refractivity contribution in [3.05, 3.63) is 115 Å². The number of para-hydroxylation sites is 2. The van der Waals surface area contributed by atoms with Crippen LogP contribution in [0.4, 0.5) is 5.69 Å². The van der Waals surface area contributed by atoms with Gasteiger partial charge in [0.2, 0.25) is 0 Å². The molecule has 0 aliphatic rings. The first-order valence-corrected chi connectivity index (χ1v) is 12.7. The van der Waals surface area contributed by atoms with Crippen molar-refractivity contribution < 1.29 is 0 Å². The second-order valence-corrected chi connectivity index (χ2v) is 9.03. The monoisotopic (exact) mass is 467 g/mol. The number of pyridine rings is 1. The number of imidazole rings is 1. The van der Waals surface area contributed by atoms with Crippen LogP contribution in [0.5, 0.6) is 0 Å². The van der Waals surface area contributed by atoms with Gasteiger partial charge in [-0.25, -0.2) is 4.98 Å². The third-order valence-corrected chi connectivity index (χ3v) is 7.01. The maximum absolute atomic E-state index is 5.19. The van der Waals surface area contributed by atoms with E-state index in [2.05, 4.69) is 138 Å². The standard InChI is InChI=1S/C33H29N3/c1-3-35(4-2)27-21-19-25(20-22-27)31-23-28(24-13-7-5-8-14-24)32(26-15-9-6-10-16-26)33-34-29-17-11-12-18-30(29)36(31)33/h5-23H,3-4H2,1-2H3. The molecule has 0 saturated heterocycles. The lowest BCUT2D eigenvalue weighted by molar-refractivity contribution is 0.866. The third-order valence-electron chi connectivity index (χ3n) is 7.01. The first-order valence-electron chi connectivity index (χ1n) is 12.7. The van der Waals surface area contributed by atoms with Crippen LogP contribution in [-0.2, 0) is 0 Å². The molecule has 3 heteroatoms. The zero-order chi connectivity index (χ0) is 24.5. The molecule has 0 spiro atoms. The van der Waals surface area contributed by atoms with Crippen LogP contribution in [-0.4, -0.2) is 22.5 Å². The van der Waals surface area contributed by atoms with Crippen LogP contribution >= 0.6 is 0 Å². The Kier molecular flexibility index (Phi) is 5.74. The molecule has 2 aromatic heterocycles. The minimum Gasteiger partial charge on any atom is -0.372 e. The van der Waals surface area contributed by atoms with Gasteiger partial charge in [0, 0.05) is 24.3 Å². The van der Waals surface area contributed by atoms with Crippen LogP contribution in [0, 0.1) is 0 Å². The van der Waals surface area contributed by atoms with Crippen LogP contribution in [0.25, 0.3) is 50.2 Å². The predicted molar refractivity (Wildman–Crippen MR) is 153 cm³/mol. The van der Waals surface area contributed by atoms with Crippen LogP contribution in [0.15, 0.2) is 115 Å². The number of nitrogens with zero attached hydrogens (tertiary/aromatic N) is 3. The third kappa shape index (κ3) is 3.74. The van der Waals surface area contributed by atoms with Crippen LogP contribution in [0.3, 0.4) is 0 Å². The highest BCUT2D eigenvalue weighted by Gasteiger charge is 2.20. The van der Waals surface area contributed by atoms with Crippen molar-refractivity contribution in [2.24, 2.45) is 0 Å². The van der Waals surface area contributed by atoms with E-state index in [0.717, 1.165) is 41.0 Å². The molecule has 176 valence electrons. The van der Waals surface area contributed by atoms with Gasteiger partial charge in [-0.1, -0.05) is 84.9 Å². The fourth-order valence-electron chi connectivity index (χ4n) is 5.21. The summed E-state index contributed by atoms with van der Waals surface area (Å²) in [5, 5.41) is 0. The highest BCUT2D eigenvalue weighted by molar-refractivity contribution is 5.98. The maximum Gasteiger partial charge on any atom is 0.146 e. The Balaban J connectivity index is 1.70. The summed E-state index contributed by atoms with van der Waals surface area (Å²) in [7, 11) is 0. The van der Waals surface area contributed by atoms with Crippen LogP contribution < -0.4 is 4.90 Å². The van der Waals surface area contributed by atoms with Crippen molar-refractivity contribution in [2.75, 3.05) is 18.0 Å². The van der Waals surface area contributed by atoms with Crippen LogP contribution in [0.2, 0.25) is 0 Å². The number of hydrogen-bond donors (Lipinski definition) is 0. The molecule has 0 radical (unpaired) electrons. The summed E-state index contributed by atoms with van der Waals surface area (Å²) < 4.78 is 2.33. The van der Waals surface area contributed by atoms with Gasteiger partial charge >= 0.3 is 0 Å². The molecule has 0 N–H and O–H groups in total. The number of hydrogen-bond acceptors (Lipinski definition) is 2. The van der Waals surface area contributed by atoms with E-state index in [-0.39, 0.29) is 0 Å². The lowest BCUT2D eigenvalue weighted by Crippen LogP contribution is -2.21. The maximum atomic E-state index is 5.19. The lowest BCUT2D eigenvalue weighted by Gasteiger charge is -2.21. The molecule has 0 aliphatic heterocycles. The lowest BCUT2D eigenvalue weighted by atomic mass is 9.93. The number of fused-ring (bicyclic) bond motifs is 3. The summed E-state index contributed by atoms with van der Waals surface area (Å²) in [5.41, 5.74) is 11.4. The number of benzene rings is 4. The average molecular weight is 468 g/mol. The zero-order valence-electron chi connectivity index (χ0n) is 20.7. The summed E-state index contributed by atoms with van der Waals surface area (Å²) >= 11 is 0. The van der Waals surface area contributed by atoms with Crippen molar-refractivity contribution in [2.45, 2.75) is 13.8 Å². The van der Waals surface area contributed by atoms with Gasteiger partial charge in [0.1, 0.15) is 5.65 Å². The molecule has 2 heterocycles. The molecule has 0 unspecified atom stereocenters. The van der Waals surface area contributed by atoms with Crippen LogP contribution in [0.1, 0.15) is 13.8 Å². The first kappa shape index (κ1) is 22.1. The molecule has 6 aromatic rings. The van der Waals surface area contributed by atoms with E-state index in [1.807, 2.05) is 0 Å². The smallest absolute Gasteiger partial charge is 0.146 e. The Morgan fingerprint density at radius 3 is 1.92 bits per heavy atom. The van der Waals surface area contributed by atoms with E-state index in [9.17, 15) is 0 Å². The molecule has 0 amide bonds. The molecule has 4 aromatic carbocycles. The zero-order valence-corrected chi connectivity index (χ0v) is 20.7. The molecule has 6 rings (SSSR count). The molecule has 0 fully saturated rings. The van der Waals surface area contributed by atoms with Crippen molar-refractivity contribution in [1.82, 2.24) is 9.38 Å². The Morgan fingerprint density at radius 2 is 1.25 bits per heavy atom. The Labute approximate surface area is 212 Å². The van der Waals surface area contributed by atoms with E-state index in [0.29, 0.717) is 0 Å². The van der Waals surface area contributed by atoms with Gasteiger partial charge in [-0.2, -0.15) is 0 Å². The summed E-state index contributed by atoms with van der Waals surface area (Å²) in [6.45, 7) is 6.40. The Bertz CT molecular complexity index is 1630. The van der Waals surface area contributed by atoms with E-state index in [1.165, 1.54) is 27.9 Å².